The van der Waals surface area contributed by atoms with Crippen LogP contribution < -0.4 is 5.84 Å². The Morgan fingerprint density at radius 2 is 1.83 bits per heavy atom. The number of nitrogens with two attached hydrogens (primary N) is 1. The second kappa shape index (κ2) is 7.64. The van der Waals surface area contributed by atoms with E-state index in [2.05, 4.69) is 53.3 Å². The van der Waals surface area contributed by atoms with Crippen LogP contribution in [0.15, 0.2) is 51.4 Å². The molecule has 4 aromatic rings. The van der Waals surface area contributed by atoms with E-state index in [9.17, 15) is 0 Å². The number of thiophene rings is 1. The quantitative estimate of drug-likeness (QED) is 0.357. The number of aromatic nitrogens is 5. The van der Waals surface area contributed by atoms with Gasteiger partial charge in [-0.1, -0.05) is 62.9 Å². The van der Waals surface area contributed by atoms with Crippen LogP contribution in [0.3, 0.4) is 0 Å². The molecule has 4 rings (SSSR count). The zero-order chi connectivity index (χ0) is 20.6. The van der Waals surface area contributed by atoms with Gasteiger partial charge in [-0.15, -0.1) is 31.7 Å². The summed E-state index contributed by atoms with van der Waals surface area (Å²) in [6.45, 7) is 8.53. The van der Waals surface area contributed by atoms with Crippen molar-refractivity contribution in [3.63, 3.8) is 0 Å². The zero-order valence-electron chi connectivity index (χ0n) is 16.7. The van der Waals surface area contributed by atoms with Crippen molar-refractivity contribution in [1.29, 1.82) is 0 Å². The number of nitrogen functional groups attached to an aromatic ring is 1. The normalized spacial score (nSPS) is 13.0. The van der Waals surface area contributed by atoms with Crippen molar-refractivity contribution in [3.05, 3.63) is 53.2 Å². The van der Waals surface area contributed by atoms with Crippen molar-refractivity contribution >= 4 is 23.1 Å². The number of hydrogen-bond donors (Lipinski definition) is 1. The lowest BCUT2D eigenvalue weighted by molar-refractivity contribution is 0.510. The molecule has 0 saturated carbocycles. The van der Waals surface area contributed by atoms with Gasteiger partial charge >= 0.3 is 0 Å². The smallest absolute Gasteiger partial charge is 0.257 e. The van der Waals surface area contributed by atoms with E-state index in [0.717, 1.165) is 10.4 Å². The number of thioether (sulfide) groups is 1. The van der Waals surface area contributed by atoms with Gasteiger partial charge in [0, 0.05) is 5.56 Å². The van der Waals surface area contributed by atoms with E-state index in [0.29, 0.717) is 22.8 Å². The van der Waals surface area contributed by atoms with Gasteiger partial charge in [-0.3, -0.25) is 0 Å². The minimum absolute atomic E-state index is 0.0946. The highest BCUT2D eigenvalue weighted by Crippen LogP contribution is 2.35. The lowest BCUT2D eigenvalue weighted by Crippen LogP contribution is -2.13. The molecular weight excluding hydrogens is 404 g/mol. The summed E-state index contributed by atoms with van der Waals surface area (Å²) in [6, 6.07) is 12.2. The third kappa shape index (κ3) is 4.06. The first-order valence-electron chi connectivity index (χ1n) is 9.18. The first-order chi connectivity index (χ1) is 13.8. The van der Waals surface area contributed by atoms with Gasteiger partial charge in [0.2, 0.25) is 11.0 Å². The summed E-state index contributed by atoms with van der Waals surface area (Å²) in [5.74, 6) is 7.94. The molecule has 1 aromatic carbocycles. The molecule has 1 atom stereocenters. The van der Waals surface area contributed by atoms with E-state index in [1.807, 2.05) is 36.6 Å². The molecule has 0 spiro atoms. The van der Waals surface area contributed by atoms with E-state index in [1.54, 1.807) is 11.3 Å². The third-order valence-corrected chi connectivity index (χ3v) is 6.38. The summed E-state index contributed by atoms with van der Waals surface area (Å²) in [4.78, 5) is 0.948. The van der Waals surface area contributed by atoms with E-state index in [-0.39, 0.29) is 10.7 Å². The van der Waals surface area contributed by atoms with Gasteiger partial charge in [-0.05, 0) is 29.3 Å². The van der Waals surface area contributed by atoms with Gasteiger partial charge in [-0.2, -0.15) is 0 Å². The van der Waals surface area contributed by atoms with Crippen molar-refractivity contribution in [3.8, 4) is 22.2 Å². The Morgan fingerprint density at radius 1 is 1.07 bits per heavy atom. The van der Waals surface area contributed by atoms with E-state index < -0.39 is 0 Å². The van der Waals surface area contributed by atoms with Gasteiger partial charge in [0.05, 0.1) is 10.1 Å². The van der Waals surface area contributed by atoms with E-state index >= 15 is 0 Å². The highest BCUT2D eigenvalue weighted by molar-refractivity contribution is 7.99. The van der Waals surface area contributed by atoms with Crippen LogP contribution in [0.1, 0.15) is 44.4 Å². The van der Waals surface area contributed by atoms with Gasteiger partial charge in [0.25, 0.3) is 5.89 Å². The predicted molar refractivity (Wildman–Crippen MR) is 116 cm³/mol. The monoisotopic (exact) mass is 426 g/mol. The molecule has 0 aliphatic carbocycles. The Labute approximate surface area is 177 Å². The first kappa shape index (κ1) is 19.7. The minimum atomic E-state index is -0.112. The third-order valence-electron chi connectivity index (χ3n) is 4.48. The number of benzene rings is 1. The van der Waals surface area contributed by atoms with Gasteiger partial charge in [-0.25, -0.2) is 4.68 Å². The van der Waals surface area contributed by atoms with E-state index in [1.165, 1.54) is 22.0 Å². The highest BCUT2D eigenvalue weighted by Gasteiger charge is 2.21. The fourth-order valence-electron chi connectivity index (χ4n) is 2.78. The van der Waals surface area contributed by atoms with Crippen molar-refractivity contribution in [2.45, 2.75) is 43.5 Å². The van der Waals surface area contributed by atoms with Gasteiger partial charge < -0.3 is 10.3 Å². The molecule has 3 heterocycles. The van der Waals surface area contributed by atoms with Crippen molar-refractivity contribution in [2.75, 3.05) is 5.84 Å². The molecule has 7 nitrogen and oxygen atoms in total. The van der Waals surface area contributed by atoms with Crippen LogP contribution in [0.5, 0.6) is 0 Å². The Morgan fingerprint density at radius 3 is 2.48 bits per heavy atom. The molecule has 1 unspecified atom stereocenters. The van der Waals surface area contributed by atoms with Gasteiger partial charge in [0.1, 0.15) is 0 Å². The van der Waals surface area contributed by atoms with Crippen LogP contribution in [-0.2, 0) is 5.41 Å². The molecule has 0 amide bonds. The number of hydrogen-bond acceptors (Lipinski definition) is 8. The molecule has 0 saturated heterocycles. The summed E-state index contributed by atoms with van der Waals surface area (Å²) >= 11 is 2.99. The Hall–Kier alpha value is -2.65. The molecule has 9 heteroatoms. The topological polar surface area (TPSA) is 95.7 Å². The summed E-state index contributed by atoms with van der Waals surface area (Å²) in [5, 5.41) is 19.3. The summed E-state index contributed by atoms with van der Waals surface area (Å²) in [5.41, 5.74) is 2.27. The predicted octanol–water partition coefficient (Wildman–Crippen LogP) is 4.92. The van der Waals surface area contributed by atoms with Crippen molar-refractivity contribution in [1.82, 2.24) is 25.1 Å². The van der Waals surface area contributed by atoms with Crippen molar-refractivity contribution in [2.24, 2.45) is 0 Å². The molecule has 0 fully saturated rings. The second-order valence-corrected chi connectivity index (χ2v) is 9.94. The first-order valence-corrected chi connectivity index (χ1v) is 10.9. The summed E-state index contributed by atoms with van der Waals surface area (Å²) < 4.78 is 7.31. The minimum Gasteiger partial charge on any atom is -0.419 e. The second-order valence-electron chi connectivity index (χ2n) is 7.69. The Bertz CT molecular complexity index is 1090. The highest BCUT2D eigenvalue weighted by atomic mass is 32.2. The summed E-state index contributed by atoms with van der Waals surface area (Å²) in [7, 11) is 0. The van der Waals surface area contributed by atoms with Crippen LogP contribution in [-0.4, -0.2) is 25.1 Å². The molecule has 3 aromatic heterocycles. The van der Waals surface area contributed by atoms with Crippen LogP contribution in [0.25, 0.3) is 22.2 Å². The molecule has 29 heavy (non-hydrogen) atoms. The van der Waals surface area contributed by atoms with Crippen LogP contribution >= 0.6 is 23.1 Å². The average molecular weight is 427 g/mol. The van der Waals surface area contributed by atoms with Crippen LogP contribution in [0.4, 0.5) is 0 Å². The molecule has 2 N–H and O–H groups in total. The maximum atomic E-state index is 6.27. The average Bonchev–Trinajstić information content (AvgIpc) is 3.42. The molecule has 0 aliphatic heterocycles. The Balaban J connectivity index is 1.51. The zero-order valence-corrected chi connectivity index (χ0v) is 18.3. The molecule has 0 radical (unpaired) electrons. The SMILES string of the molecule is CC(Sc1nnc(-c2ccc(C(C)(C)C)cc2)n1N)c1nnc(-c2cccs2)o1. The lowest BCUT2D eigenvalue weighted by Gasteiger charge is -2.19. The van der Waals surface area contributed by atoms with Crippen molar-refractivity contribution < 1.29 is 4.42 Å². The largest absolute Gasteiger partial charge is 0.419 e. The van der Waals surface area contributed by atoms with Crippen LogP contribution in [0.2, 0.25) is 0 Å². The maximum Gasteiger partial charge on any atom is 0.257 e. The maximum absolute atomic E-state index is 6.27. The number of rotatable bonds is 5. The Kier molecular flexibility index (Phi) is 5.18. The standard InChI is InChI=1S/C20H22N6OS2/c1-12(17-23-24-18(27-17)15-6-5-11-28-15)29-19-25-22-16(26(19)21)13-7-9-14(10-8-13)20(2,3)4/h5-12H,21H2,1-4H3. The molecule has 0 bridgehead atoms. The summed E-state index contributed by atoms with van der Waals surface area (Å²) in [6.07, 6.45) is 0. The van der Waals surface area contributed by atoms with E-state index in [4.69, 9.17) is 10.3 Å². The molecule has 0 aliphatic rings. The molecule has 150 valence electrons. The lowest BCUT2D eigenvalue weighted by atomic mass is 9.87. The fourth-order valence-corrected chi connectivity index (χ4v) is 4.23. The van der Waals surface area contributed by atoms with Crippen LogP contribution in [0, 0.1) is 0 Å². The molecular formula is C20H22N6OS2. The number of nitrogens with zero attached hydrogens (tertiary/aromatic N) is 5. The fraction of sp³-hybridized carbons (Fsp3) is 0.300. The van der Waals surface area contributed by atoms with Gasteiger partial charge in [0.15, 0.2) is 5.82 Å².